The largest absolute Gasteiger partial charge is 0.463 e. The number of nitrogens with zero attached hydrogens (tertiary/aromatic N) is 3. The highest BCUT2D eigenvalue weighted by Crippen LogP contribution is 2.35. The van der Waals surface area contributed by atoms with E-state index in [4.69, 9.17) is 16.3 Å². The highest BCUT2D eigenvalue weighted by Gasteiger charge is 2.37. The van der Waals surface area contributed by atoms with Gasteiger partial charge in [0.15, 0.2) is 4.80 Å². The van der Waals surface area contributed by atoms with Gasteiger partial charge in [-0.2, -0.15) is 0 Å². The minimum absolute atomic E-state index is 0.191. The summed E-state index contributed by atoms with van der Waals surface area (Å²) in [6.45, 7) is 6.21. The number of amides is 1. The lowest BCUT2D eigenvalue weighted by molar-refractivity contribution is -0.139. The van der Waals surface area contributed by atoms with Gasteiger partial charge in [0.2, 0.25) is 0 Å². The number of fused-ring (bicyclic) bond motifs is 2. The van der Waals surface area contributed by atoms with Gasteiger partial charge in [0.1, 0.15) is 4.53 Å². The van der Waals surface area contributed by atoms with Gasteiger partial charge in [-0.1, -0.05) is 60.2 Å². The molecule has 0 saturated heterocycles. The van der Waals surface area contributed by atoms with E-state index in [2.05, 4.69) is 4.99 Å². The third kappa shape index (κ3) is 3.81. The van der Waals surface area contributed by atoms with Crippen LogP contribution in [-0.2, 0) is 14.3 Å². The summed E-state index contributed by atoms with van der Waals surface area (Å²) in [7, 11) is 0. The summed E-state index contributed by atoms with van der Waals surface area (Å²) in [6.07, 6.45) is 0.785. The Balaban J connectivity index is 1.81. The number of hydrogen-bond acceptors (Lipinski definition) is 6. The molecule has 9 heteroatoms. The van der Waals surface area contributed by atoms with Gasteiger partial charge in [-0.05, 0) is 44.0 Å². The van der Waals surface area contributed by atoms with Gasteiger partial charge in [-0.25, -0.2) is 9.79 Å². The Morgan fingerprint density at radius 3 is 2.53 bits per heavy atom. The highest BCUT2D eigenvalue weighted by atomic mass is 35.5. The average Bonchev–Trinajstić information content (AvgIpc) is 3.32. The van der Waals surface area contributed by atoms with Crippen LogP contribution in [0.15, 0.2) is 69.6 Å². The minimum Gasteiger partial charge on any atom is -0.463 e. The first-order valence-electron chi connectivity index (χ1n) is 11.8. The van der Waals surface area contributed by atoms with Crippen molar-refractivity contribution in [3.05, 3.63) is 95.6 Å². The SMILES string of the molecule is CCCN1C(=O)/C(=c2\sc3n(c2=O)C(c2ccc(Cl)cc2)C(C(=O)OCC)=C(C)N=3)c2ccccc21. The Labute approximate surface area is 216 Å². The summed E-state index contributed by atoms with van der Waals surface area (Å²) in [5.41, 5.74) is 2.97. The quantitative estimate of drug-likeness (QED) is 0.481. The van der Waals surface area contributed by atoms with E-state index in [9.17, 15) is 14.4 Å². The molecule has 1 atom stereocenters. The number of esters is 1. The number of hydrogen-bond donors (Lipinski definition) is 0. The zero-order valence-corrected chi connectivity index (χ0v) is 21.7. The van der Waals surface area contributed by atoms with E-state index in [0.717, 1.165) is 17.7 Å². The van der Waals surface area contributed by atoms with Crippen LogP contribution in [0.4, 0.5) is 5.69 Å². The molecule has 3 aromatic rings. The van der Waals surface area contributed by atoms with Crippen molar-refractivity contribution in [1.82, 2.24) is 4.57 Å². The molecule has 5 rings (SSSR count). The number of anilines is 1. The minimum atomic E-state index is -0.759. The van der Waals surface area contributed by atoms with Crippen LogP contribution in [0.3, 0.4) is 0 Å². The number of ether oxygens (including phenoxy) is 1. The lowest BCUT2D eigenvalue weighted by atomic mass is 9.96. The molecule has 2 aliphatic rings. The Morgan fingerprint density at radius 1 is 1.11 bits per heavy atom. The van der Waals surface area contributed by atoms with Crippen molar-refractivity contribution in [3.63, 3.8) is 0 Å². The normalized spacial score (nSPS) is 18.2. The van der Waals surface area contributed by atoms with Crippen molar-refractivity contribution >= 4 is 46.1 Å². The number of thiazole rings is 1. The summed E-state index contributed by atoms with van der Waals surface area (Å²) in [5.74, 6) is -0.735. The van der Waals surface area contributed by atoms with Crippen molar-refractivity contribution < 1.29 is 14.3 Å². The van der Waals surface area contributed by atoms with Crippen molar-refractivity contribution in [2.45, 2.75) is 33.2 Å². The lowest BCUT2D eigenvalue weighted by Crippen LogP contribution is -2.41. The number of aromatic nitrogens is 1. The molecule has 184 valence electrons. The zero-order chi connectivity index (χ0) is 25.6. The van der Waals surface area contributed by atoms with Gasteiger partial charge in [0.05, 0.1) is 35.2 Å². The highest BCUT2D eigenvalue weighted by molar-refractivity contribution is 7.07. The molecule has 2 aliphatic heterocycles. The van der Waals surface area contributed by atoms with E-state index in [1.54, 1.807) is 43.0 Å². The Kier molecular flexibility index (Phi) is 6.40. The summed E-state index contributed by atoms with van der Waals surface area (Å²) < 4.78 is 7.13. The molecule has 0 bridgehead atoms. The Hall–Kier alpha value is -3.49. The molecule has 1 aromatic heterocycles. The van der Waals surface area contributed by atoms with E-state index >= 15 is 0 Å². The predicted molar refractivity (Wildman–Crippen MR) is 140 cm³/mol. The summed E-state index contributed by atoms with van der Waals surface area (Å²) in [6, 6.07) is 13.7. The molecule has 36 heavy (non-hydrogen) atoms. The second-order valence-electron chi connectivity index (χ2n) is 8.52. The maximum Gasteiger partial charge on any atom is 0.338 e. The molecule has 7 nitrogen and oxygen atoms in total. The molecule has 3 heterocycles. The van der Waals surface area contributed by atoms with Gasteiger partial charge in [-0.3, -0.25) is 14.2 Å². The number of halogens is 1. The molecular formula is C27H24ClN3O4S. The second kappa shape index (κ2) is 9.52. The Bertz CT molecular complexity index is 1600. The third-order valence-corrected chi connectivity index (χ3v) is 7.58. The van der Waals surface area contributed by atoms with Gasteiger partial charge in [0, 0.05) is 17.1 Å². The smallest absolute Gasteiger partial charge is 0.338 e. The van der Waals surface area contributed by atoms with Crippen LogP contribution in [0.25, 0.3) is 5.57 Å². The number of carbonyl (C=O) groups is 2. The van der Waals surface area contributed by atoms with Gasteiger partial charge in [-0.15, -0.1) is 0 Å². The van der Waals surface area contributed by atoms with Crippen LogP contribution >= 0.6 is 22.9 Å². The van der Waals surface area contributed by atoms with Crippen molar-refractivity contribution in [1.29, 1.82) is 0 Å². The first-order chi connectivity index (χ1) is 17.4. The van der Waals surface area contributed by atoms with E-state index in [-0.39, 0.29) is 23.6 Å². The fourth-order valence-corrected chi connectivity index (χ4v) is 6.01. The average molecular weight is 522 g/mol. The monoisotopic (exact) mass is 521 g/mol. The van der Waals surface area contributed by atoms with Gasteiger partial charge < -0.3 is 9.64 Å². The second-order valence-corrected chi connectivity index (χ2v) is 9.94. The van der Waals surface area contributed by atoms with Gasteiger partial charge in [0.25, 0.3) is 11.5 Å². The van der Waals surface area contributed by atoms with Crippen molar-refractivity contribution in [2.75, 3.05) is 18.1 Å². The van der Waals surface area contributed by atoms with Crippen molar-refractivity contribution in [3.8, 4) is 0 Å². The molecule has 0 aliphatic carbocycles. The third-order valence-electron chi connectivity index (χ3n) is 6.28. The number of allylic oxidation sites excluding steroid dienone is 1. The fourth-order valence-electron chi connectivity index (χ4n) is 4.75. The maximum absolute atomic E-state index is 14.0. The lowest BCUT2D eigenvalue weighted by Gasteiger charge is -2.24. The first-order valence-corrected chi connectivity index (χ1v) is 13.0. The van der Waals surface area contributed by atoms with Crippen molar-refractivity contribution in [2.24, 2.45) is 4.99 Å². The molecule has 1 unspecified atom stereocenters. The Morgan fingerprint density at radius 2 is 1.83 bits per heavy atom. The van der Waals surface area contributed by atoms with E-state index in [1.165, 1.54) is 15.9 Å². The molecular weight excluding hydrogens is 498 g/mol. The predicted octanol–water partition coefficient (Wildman–Crippen LogP) is 3.58. The van der Waals surface area contributed by atoms with Crippen LogP contribution in [-0.4, -0.2) is 29.6 Å². The number of carbonyl (C=O) groups excluding carboxylic acids is 2. The molecule has 0 fully saturated rings. The van der Waals surface area contributed by atoms with E-state index < -0.39 is 12.0 Å². The van der Waals surface area contributed by atoms with Gasteiger partial charge >= 0.3 is 5.97 Å². The first kappa shape index (κ1) is 24.2. The maximum atomic E-state index is 14.0. The van der Waals surface area contributed by atoms with E-state index in [1.807, 2.05) is 31.2 Å². The van der Waals surface area contributed by atoms with E-state index in [0.29, 0.717) is 37.7 Å². The standard InChI is InChI=1S/C27H24ClN3O4S/c1-4-14-30-19-9-7-6-8-18(19)21(24(30)32)23-25(33)31-22(16-10-12-17(28)13-11-16)20(26(34)35-5-2)15(3)29-27(31)36-23/h6-13,22H,4-5,14H2,1-3H3/b23-21-. The summed E-state index contributed by atoms with van der Waals surface area (Å²) in [4.78, 5) is 47.4. The molecule has 2 aromatic carbocycles. The van der Waals surface area contributed by atoms with Crippen LogP contribution in [0, 0.1) is 0 Å². The van der Waals surface area contributed by atoms with Crippen LogP contribution in [0.5, 0.6) is 0 Å². The molecule has 1 amide bonds. The number of benzene rings is 2. The molecule has 0 N–H and O–H groups in total. The topological polar surface area (TPSA) is 81.0 Å². The molecule has 0 saturated carbocycles. The molecule has 0 spiro atoms. The number of rotatable bonds is 5. The fraction of sp³-hybridized carbons (Fsp3) is 0.259. The number of para-hydroxylation sites is 1. The molecule has 0 radical (unpaired) electrons. The van der Waals surface area contributed by atoms with Crippen LogP contribution in [0.2, 0.25) is 5.02 Å². The summed E-state index contributed by atoms with van der Waals surface area (Å²) >= 11 is 7.28. The summed E-state index contributed by atoms with van der Waals surface area (Å²) in [5, 5.41) is 0.538. The van der Waals surface area contributed by atoms with Crippen LogP contribution in [0.1, 0.15) is 44.4 Å². The van der Waals surface area contributed by atoms with Crippen LogP contribution < -0.4 is 19.8 Å². The zero-order valence-electron chi connectivity index (χ0n) is 20.1.